The Hall–Kier alpha value is -0.430. The van der Waals surface area contributed by atoms with E-state index in [0.29, 0.717) is 5.92 Å². The average molecular weight is 363 g/mol. The lowest BCUT2D eigenvalue weighted by atomic mass is 10.1. The van der Waals surface area contributed by atoms with Crippen molar-refractivity contribution in [3.05, 3.63) is 15.1 Å². The monoisotopic (exact) mass is 363 g/mol. The van der Waals surface area contributed by atoms with Crippen molar-refractivity contribution in [2.24, 2.45) is 0 Å². The van der Waals surface area contributed by atoms with Crippen LogP contribution < -0.4 is 5.32 Å². The van der Waals surface area contributed by atoms with Gasteiger partial charge >= 0.3 is 0 Å². The molecule has 0 fully saturated rings. The fourth-order valence-electron chi connectivity index (χ4n) is 1.49. The maximum absolute atomic E-state index is 5.48. The van der Waals surface area contributed by atoms with Crippen LogP contribution in [0.1, 0.15) is 52.1 Å². The Morgan fingerprint density at radius 3 is 2.39 bits per heavy atom. The van der Waals surface area contributed by atoms with E-state index in [0.717, 1.165) is 27.5 Å². The zero-order valence-corrected chi connectivity index (χ0v) is 14.1. The van der Waals surface area contributed by atoms with Crippen molar-refractivity contribution in [2.75, 3.05) is 19.0 Å². The third-order valence-corrected chi connectivity index (χ3v) is 3.88. The molecule has 0 aliphatic heterocycles. The number of nitrogens with one attached hydrogen (secondary N) is 1. The number of halogens is 1. The largest absolute Gasteiger partial charge is 0.371 e. The first kappa shape index (κ1) is 15.6. The Kier molecular flexibility index (Phi) is 5.33. The minimum absolute atomic E-state index is 0.365. The Labute approximate surface area is 123 Å². The van der Waals surface area contributed by atoms with Crippen molar-refractivity contribution >= 4 is 28.4 Å². The van der Waals surface area contributed by atoms with Crippen molar-refractivity contribution in [1.82, 2.24) is 9.97 Å². The number of rotatable bonds is 5. The second kappa shape index (κ2) is 6.14. The van der Waals surface area contributed by atoms with E-state index in [-0.39, 0.29) is 0 Å². The van der Waals surface area contributed by atoms with Gasteiger partial charge in [0.15, 0.2) is 5.82 Å². The summed E-state index contributed by atoms with van der Waals surface area (Å²) in [5.74, 6) is 1.99. The molecule has 4 nitrogen and oxygen atoms in total. The van der Waals surface area contributed by atoms with Gasteiger partial charge < -0.3 is 10.1 Å². The lowest BCUT2D eigenvalue weighted by Crippen LogP contribution is -2.25. The smallest absolute Gasteiger partial charge is 0.162 e. The number of hydrogen-bond donors (Lipinski definition) is 1. The summed E-state index contributed by atoms with van der Waals surface area (Å²) in [4.78, 5) is 9.27. The molecule has 1 rings (SSSR count). The molecule has 102 valence electrons. The van der Waals surface area contributed by atoms with Gasteiger partial charge in [-0.05, 0) is 49.3 Å². The third kappa shape index (κ3) is 3.32. The quantitative estimate of drug-likeness (QED) is 0.814. The molecule has 0 spiro atoms. The summed E-state index contributed by atoms with van der Waals surface area (Å²) in [5.41, 5.74) is 0.597. The van der Waals surface area contributed by atoms with Crippen LogP contribution in [0.2, 0.25) is 0 Å². The lowest BCUT2D eigenvalue weighted by Gasteiger charge is -2.24. The second-order valence-electron chi connectivity index (χ2n) is 4.99. The molecule has 5 heteroatoms. The average Bonchev–Trinajstić information content (AvgIpc) is 2.31. The number of ether oxygens (including phenoxy) is 1. The highest BCUT2D eigenvalue weighted by atomic mass is 127. The van der Waals surface area contributed by atoms with Crippen molar-refractivity contribution in [1.29, 1.82) is 0 Å². The van der Waals surface area contributed by atoms with Crippen molar-refractivity contribution in [3.8, 4) is 0 Å². The molecular weight excluding hydrogens is 341 g/mol. The predicted molar refractivity (Wildman–Crippen MR) is 83.0 cm³/mol. The third-order valence-electron chi connectivity index (χ3n) is 2.82. The van der Waals surface area contributed by atoms with E-state index in [1.807, 2.05) is 13.8 Å². The highest BCUT2D eigenvalue weighted by Gasteiger charge is 2.26. The van der Waals surface area contributed by atoms with Crippen LogP contribution >= 0.6 is 22.6 Å². The normalized spacial score (nSPS) is 12.0. The van der Waals surface area contributed by atoms with Gasteiger partial charge in [0.1, 0.15) is 11.4 Å². The van der Waals surface area contributed by atoms with E-state index in [1.165, 1.54) is 0 Å². The van der Waals surface area contributed by atoms with Crippen molar-refractivity contribution < 1.29 is 4.74 Å². The fraction of sp³-hybridized carbons (Fsp3) is 0.692. The molecule has 0 aliphatic rings. The highest BCUT2D eigenvalue weighted by Crippen LogP contribution is 2.29. The van der Waals surface area contributed by atoms with E-state index in [9.17, 15) is 0 Å². The molecule has 0 amide bonds. The molecule has 0 atom stereocenters. The topological polar surface area (TPSA) is 47.0 Å². The first-order valence-electron chi connectivity index (χ1n) is 6.20. The molecule has 0 aromatic carbocycles. The van der Waals surface area contributed by atoms with Crippen LogP contribution in [0.15, 0.2) is 0 Å². The molecule has 0 bridgehead atoms. The van der Waals surface area contributed by atoms with Crippen LogP contribution in [0, 0.1) is 3.57 Å². The fourth-order valence-corrected chi connectivity index (χ4v) is 2.55. The summed E-state index contributed by atoms with van der Waals surface area (Å²) in [5, 5.41) is 3.29. The molecule has 0 radical (unpaired) electrons. The Morgan fingerprint density at radius 1 is 1.33 bits per heavy atom. The van der Waals surface area contributed by atoms with Gasteiger partial charge in [-0.3, -0.25) is 0 Å². The summed E-state index contributed by atoms with van der Waals surface area (Å²) in [6.07, 6.45) is 0. The number of aromatic nitrogens is 2. The van der Waals surface area contributed by atoms with Crippen LogP contribution in [0.4, 0.5) is 5.82 Å². The SMILES string of the molecule is CCNc1nc(C(C)(C)OC)nc(C(C)C)c1I. The van der Waals surface area contributed by atoms with Crippen molar-refractivity contribution in [3.63, 3.8) is 0 Å². The maximum Gasteiger partial charge on any atom is 0.162 e. The van der Waals surface area contributed by atoms with Crippen LogP contribution in [0.5, 0.6) is 0 Å². The van der Waals surface area contributed by atoms with Gasteiger partial charge in [-0.25, -0.2) is 9.97 Å². The number of nitrogens with zero attached hydrogens (tertiary/aromatic N) is 2. The summed E-state index contributed by atoms with van der Waals surface area (Å²) < 4.78 is 6.57. The maximum atomic E-state index is 5.48. The predicted octanol–water partition coefficient (Wildman–Crippen LogP) is 3.52. The zero-order chi connectivity index (χ0) is 13.9. The number of methoxy groups -OCH3 is 1. The van der Waals surface area contributed by atoms with Crippen LogP contribution in [0.3, 0.4) is 0 Å². The van der Waals surface area contributed by atoms with E-state index in [2.05, 4.69) is 58.6 Å². The van der Waals surface area contributed by atoms with E-state index < -0.39 is 5.60 Å². The second-order valence-corrected chi connectivity index (χ2v) is 6.07. The van der Waals surface area contributed by atoms with Gasteiger partial charge in [0, 0.05) is 13.7 Å². The number of hydrogen-bond acceptors (Lipinski definition) is 4. The van der Waals surface area contributed by atoms with Gasteiger partial charge in [0.05, 0.1) is 9.26 Å². The molecule has 0 saturated heterocycles. The minimum atomic E-state index is -0.474. The Bertz CT molecular complexity index is 419. The van der Waals surface area contributed by atoms with E-state index in [4.69, 9.17) is 4.74 Å². The molecule has 1 aromatic heterocycles. The van der Waals surface area contributed by atoms with Gasteiger partial charge in [0.25, 0.3) is 0 Å². The molecule has 1 heterocycles. The molecule has 0 saturated carbocycles. The molecule has 1 N–H and O–H groups in total. The zero-order valence-electron chi connectivity index (χ0n) is 12.0. The minimum Gasteiger partial charge on any atom is -0.371 e. The molecular formula is C13H22IN3O. The molecule has 0 aliphatic carbocycles. The molecule has 18 heavy (non-hydrogen) atoms. The summed E-state index contributed by atoms with van der Waals surface area (Å²) in [6.45, 7) is 11.2. The van der Waals surface area contributed by atoms with Crippen LogP contribution in [-0.2, 0) is 10.3 Å². The van der Waals surface area contributed by atoms with Gasteiger partial charge in [-0.2, -0.15) is 0 Å². The molecule has 1 aromatic rings. The Balaban J connectivity index is 3.38. The number of anilines is 1. The van der Waals surface area contributed by atoms with Crippen LogP contribution in [-0.4, -0.2) is 23.6 Å². The lowest BCUT2D eigenvalue weighted by molar-refractivity contribution is 0.0113. The van der Waals surface area contributed by atoms with E-state index in [1.54, 1.807) is 7.11 Å². The van der Waals surface area contributed by atoms with Crippen molar-refractivity contribution in [2.45, 2.75) is 46.1 Å². The first-order chi connectivity index (χ1) is 8.33. The highest BCUT2D eigenvalue weighted by molar-refractivity contribution is 14.1. The van der Waals surface area contributed by atoms with Gasteiger partial charge in [-0.1, -0.05) is 13.8 Å². The van der Waals surface area contributed by atoms with E-state index >= 15 is 0 Å². The van der Waals surface area contributed by atoms with Crippen LogP contribution in [0.25, 0.3) is 0 Å². The standard InChI is InChI=1S/C13H22IN3O/c1-7-15-11-9(14)10(8(2)3)16-12(17-11)13(4,5)18-6/h8H,7H2,1-6H3,(H,15,16,17). The summed E-state index contributed by atoms with van der Waals surface area (Å²) in [7, 11) is 1.68. The molecule has 0 unspecified atom stereocenters. The van der Waals surface area contributed by atoms with Gasteiger partial charge in [0.2, 0.25) is 0 Å². The Morgan fingerprint density at radius 2 is 1.94 bits per heavy atom. The summed E-state index contributed by atoms with van der Waals surface area (Å²) in [6, 6.07) is 0. The summed E-state index contributed by atoms with van der Waals surface area (Å²) >= 11 is 2.31. The first-order valence-corrected chi connectivity index (χ1v) is 7.28. The van der Waals surface area contributed by atoms with Gasteiger partial charge in [-0.15, -0.1) is 0 Å².